The highest BCUT2D eigenvalue weighted by Gasteiger charge is 2.16. The summed E-state index contributed by atoms with van der Waals surface area (Å²) in [6, 6.07) is 17.7. The number of fused-ring (bicyclic) bond motifs is 1. The van der Waals surface area contributed by atoms with E-state index in [0.717, 1.165) is 11.8 Å². The molecule has 0 aliphatic rings. The van der Waals surface area contributed by atoms with Gasteiger partial charge < -0.3 is 10.2 Å². The molecule has 6 nitrogen and oxygen atoms in total. The molecule has 0 saturated carbocycles. The molecule has 0 aliphatic carbocycles. The zero-order valence-corrected chi connectivity index (χ0v) is 17.0. The summed E-state index contributed by atoms with van der Waals surface area (Å²) in [5.41, 5.74) is 1.11. The molecule has 1 heterocycles. The number of thioether (sulfide) groups is 1. The molecule has 8 heteroatoms. The van der Waals surface area contributed by atoms with Crippen molar-refractivity contribution in [2.24, 2.45) is 0 Å². The van der Waals surface area contributed by atoms with E-state index in [-0.39, 0.29) is 34.2 Å². The van der Waals surface area contributed by atoms with Gasteiger partial charge in [0.15, 0.2) is 22.4 Å². The maximum atomic E-state index is 13.2. The number of nitrogens with zero attached hydrogens (tertiary/aromatic N) is 2. The van der Waals surface area contributed by atoms with E-state index in [1.54, 1.807) is 48.5 Å². The smallest absolute Gasteiger partial charge is 0.266 e. The average molecular weight is 439 g/mol. The summed E-state index contributed by atoms with van der Waals surface area (Å²) in [4.78, 5) is 30.3. The maximum Gasteiger partial charge on any atom is 0.266 e. The van der Waals surface area contributed by atoms with Crippen LogP contribution in [0.5, 0.6) is 11.5 Å². The van der Waals surface area contributed by atoms with Crippen molar-refractivity contribution < 1.29 is 15.0 Å². The van der Waals surface area contributed by atoms with Crippen LogP contribution >= 0.6 is 23.4 Å². The monoisotopic (exact) mass is 438 g/mol. The molecular weight excluding hydrogens is 424 g/mol. The fraction of sp³-hybridized carbons (Fsp3) is 0.0455. The molecule has 0 spiro atoms. The van der Waals surface area contributed by atoms with Gasteiger partial charge in [-0.3, -0.25) is 14.2 Å². The summed E-state index contributed by atoms with van der Waals surface area (Å²) >= 11 is 7.09. The van der Waals surface area contributed by atoms with Crippen LogP contribution in [-0.4, -0.2) is 31.3 Å². The van der Waals surface area contributed by atoms with Gasteiger partial charge in [-0.2, -0.15) is 0 Å². The summed E-state index contributed by atoms with van der Waals surface area (Å²) in [5, 5.41) is 20.4. The number of phenols is 2. The molecule has 0 bridgehead atoms. The van der Waals surface area contributed by atoms with Crippen LogP contribution in [0.4, 0.5) is 0 Å². The topological polar surface area (TPSA) is 92.4 Å². The van der Waals surface area contributed by atoms with Crippen LogP contribution in [0.2, 0.25) is 5.02 Å². The zero-order valence-electron chi connectivity index (χ0n) is 15.4. The second kappa shape index (κ2) is 8.22. The highest BCUT2D eigenvalue weighted by atomic mass is 35.5. The van der Waals surface area contributed by atoms with E-state index in [2.05, 4.69) is 4.98 Å². The first kappa shape index (κ1) is 20.0. The van der Waals surface area contributed by atoms with E-state index in [0.29, 0.717) is 26.8 Å². The zero-order chi connectivity index (χ0) is 21.3. The fourth-order valence-corrected chi connectivity index (χ4v) is 3.97. The number of Topliss-reactive ketones (excluding diaryl/α,β-unsaturated/α-hetero) is 1. The number of halogens is 1. The lowest BCUT2D eigenvalue weighted by Gasteiger charge is -2.13. The van der Waals surface area contributed by atoms with Crippen molar-refractivity contribution in [2.45, 2.75) is 5.16 Å². The van der Waals surface area contributed by atoms with Crippen molar-refractivity contribution >= 4 is 40.0 Å². The molecule has 30 heavy (non-hydrogen) atoms. The lowest BCUT2D eigenvalue weighted by Crippen LogP contribution is -2.22. The maximum absolute atomic E-state index is 13.2. The number of aromatic nitrogens is 2. The van der Waals surface area contributed by atoms with Crippen molar-refractivity contribution in [1.82, 2.24) is 9.55 Å². The Morgan fingerprint density at radius 3 is 2.47 bits per heavy atom. The Kier molecular flexibility index (Phi) is 5.48. The highest BCUT2D eigenvalue weighted by Crippen LogP contribution is 2.27. The lowest BCUT2D eigenvalue weighted by atomic mass is 10.1. The standard InChI is InChI=1S/C22H15ClN2O4S/c23-14-6-8-15(9-7-14)25-21(29)16-3-1-2-4-17(16)24-22(25)30-12-20(28)13-5-10-18(26)19(27)11-13/h1-11,26-27H,12H2. The normalized spacial score (nSPS) is 11.0. The van der Waals surface area contributed by atoms with Crippen molar-refractivity contribution in [2.75, 3.05) is 5.75 Å². The second-order valence-corrected chi connectivity index (χ2v) is 7.82. The summed E-state index contributed by atoms with van der Waals surface area (Å²) in [5.74, 6) is -0.956. The number of para-hydroxylation sites is 1. The van der Waals surface area contributed by atoms with E-state index in [1.165, 1.54) is 22.8 Å². The van der Waals surface area contributed by atoms with Crippen LogP contribution in [-0.2, 0) is 0 Å². The number of benzene rings is 3. The van der Waals surface area contributed by atoms with E-state index < -0.39 is 0 Å². The summed E-state index contributed by atoms with van der Waals surface area (Å²) in [7, 11) is 0. The predicted molar refractivity (Wildman–Crippen MR) is 117 cm³/mol. The van der Waals surface area contributed by atoms with Gasteiger partial charge in [-0.1, -0.05) is 35.5 Å². The molecular formula is C22H15ClN2O4S. The minimum atomic E-state index is -0.368. The number of aromatic hydroxyl groups is 2. The van der Waals surface area contributed by atoms with Crippen LogP contribution in [0, 0.1) is 0 Å². The Morgan fingerprint density at radius 1 is 1.00 bits per heavy atom. The van der Waals surface area contributed by atoms with E-state index in [9.17, 15) is 19.8 Å². The molecule has 2 N–H and O–H groups in total. The second-order valence-electron chi connectivity index (χ2n) is 6.44. The first-order valence-corrected chi connectivity index (χ1v) is 10.3. The Morgan fingerprint density at radius 2 is 1.73 bits per heavy atom. The van der Waals surface area contributed by atoms with Gasteiger partial charge in [0.25, 0.3) is 5.56 Å². The number of ketones is 1. The fourth-order valence-electron chi connectivity index (χ4n) is 2.94. The largest absolute Gasteiger partial charge is 0.504 e. The number of hydrogen-bond donors (Lipinski definition) is 2. The highest BCUT2D eigenvalue weighted by molar-refractivity contribution is 7.99. The molecule has 0 radical (unpaired) electrons. The van der Waals surface area contributed by atoms with Gasteiger partial charge in [-0.15, -0.1) is 0 Å². The van der Waals surface area contributed by atoms with Gasteiger partial charge in [0, 0.05) is 10.6 Å². The molecule has 0 aliphatic heterocycles. The van der Waals surface area contributed by atoms with Crippen LogP contribution in [0.3, 0.4) is 0 Å². The Balaban J connectivity index is 1.74. The summed E-state index contributed by atoms with van der Waals surface area (Å²) in [6.45, 7) is 0. The van der Waals surface area contributed by atoms with Crippen molar-refractivity contribution in [3.63, 3.8) is 0 Å². The van der Waals surface area contributed by atoms with Gasteiger partial charge in [0.1, 0.15) is 0 Å². The van der Waals surface area contributed by atoms with E-state index >= 15 is 0 Å². The quantitative estimate of drug-likeness (QED) is 0.207. The molecule has 150 valence electrons. The molecule has 0 atom stereocenters. The molecule has 0 fully saturated rings. The van der Waals surface area contributed by atoms with Crippen molar-refractivity contribution in [1.29, 1.82) is 0 Å². The van der Waals surface area contributed by atoms with Gasteiger partial charge >= 0.3 is 0 Å². The molecule has 1 aromatic heterocycles. The van der Waals surface area contributed by atoms with Crippen molar-refractivity contribution in [3.8, 4) is 17.2 Å². The Hall–Kier alpha value is -3.29. The van der Waals surface area contributed by atoms with Gasteiger partial charge in [-0.05, 0) is 54.6 Å². The Labute approximate surface area is 180 Å². The van der Waals surface area contributed by atoms with Crippen molar-refractivity contribution in [3.05, 3.63) is 87.7 Å². The van der Waals surface area contributed by atoms with E-state index in [4.69, 9.17) is 11.6 Å². The lowest BCUT2D eigenvalue weighted by molar-refractivity contribution is 0.102. The predicted octanol–water partition coefficient (Wildman–Crippen LogP) is 4.43. The van der Waals surface area contributed by atoms with Gasteiger partial charge in [0.2, 0.25) is 0 Å². The van der Waals surface area contributed by atoms with Gasteiger partial charge in [-0.25, -0.2) is 4.98 Å². The van der Waals surface area contributed by atoms with Crippen LogP contribution in [0.25, 0.3) is 16.6 Å². The van der Waals surface area contributed by atoms with Crippen LogP contribution in [0.15, 0.2) is 76.7 Å². The summed E-state index contributed by atoms with van der Waals surface area (Å²) in [6.07, 6.45) is 0. The SMILES string of the molecule is O=C(CSc1nc2ccccc2c(=O)n1-c1ccc(Cl)cc1)c1ccc(O)c(O)c1. The third-order valence-electron chi connectivity index (χ3n) is 4.46. The first-order valence-electron chi connectivity index (χ1n) is 8.90. The molecule has 4 rings (SSSR count). The minimum absolute atomic E-state index is 0.0113. The minimum Gasteiger partial charge on any atom is -0.504 e. The number of carbonyl (C=O) groups excluding carboxylic acids is 1. The molecule has 4 aromatic rings. The van der Waals surface area contributed by atoms with Gasteiger partial charge in [0.05, 0.1) is 22.3 Å². The molecule has 3 aromatic carbocycles. The third kappa shape index (κ3) is 3.90. The third-order valence-corrected chi connectivity index (χ3v) is 5.65. The number of carbonyl (C=O) groups is 1. The molecule has 0 saturated heterocycles. The average Bonchev–Trinajstić information content (AvgIpc) is 2.75. The van der Waals surface area contributed by atoms with Crippen LogP contribution < -0.4 is 5.56 Å². The number of phenolic OH excluding ortho intramolecular Hbond substituents is 2. The number of rotatable bonds is 5. The van der Waals surface area contributed by atoms with Crippen LogP contribution in [0.1, 0.15) is 10.4 Å². The van der Waals surface area contributed by atoms with E-state index in [1.807, 2.05) is 0 Å². The molecule has 0 amide bonds. The first-order chi connectivity index (χ1) is 14.4. The Bertz CT molecular complexity index is 1320. The number of hydrogen-bond acceptors (Lipinski definition) is 6. The summed E-state index contributed by atoms with van der Waals surface area (Å²) < 4.78 is 1.45. The molecule has 0 unspecified atom stereocenters.